The van der Waals surface area contributed by atoms with E-state index in [1.807, 2.05) is 0 Å². The van der Waals surface area contributed by atoms with Gasteiger partial charge in [-0.2, -0.15) is 0 Å². The maximum absolute atomic E-state index is 13.3. The van der Waals surface area contributed by atoms with E-state index >= 15 is 0 Å². The summed E-state index contributed by atoms with van der Waals surface area (Å²) in [5, 5.41) is 0.444. The quantitative estimate of drug-likeness (QED) is 0.620. The number of halogens is 4. The molecule has 1 fully saturated rings. The number of pyridine rings is 1. The first-order valence-electron chi connectivity index (χ1n) is 5.44. The van der Waals surface area contributed by atoms with Crippen LogP contribution in [0.5, 0.6) is 0 Å². The van der Waals surface area contributed by atoms with Gasteiger partial charge in [0.25, 0.3) is 0 Å². The number of aromatic nitrogens is 1. The molecule has 2 aromatic rings. The molecule has 6 heteroatoms. The average molecular weight is 302 g/mol. The number of hydrogen-bond donors (Lipinski definition) is 0. The fourth-order valence-electron chi connectivity index (χ4n) is 2.02. The molecular formula is C13H7Cl2F2NO. The molecule has 0 amide bonds. The highest BCUT2D eigenvalue weighted by molar-refractivity contribution is 6.32. The number of ether oxygens (including phenoxy) is 1. The molecular weight excluding hydrogens is 295 g/mol. The molecule has 2 nitrogen and oxygen atoms in total. The predicted octanol–water partition coefficient (Wildman–Crippen LogP) is 3.94. The minimum Gasteiger partial charge on any atom is -0.359 e. The van der Waals surface area contributed by atoms with Gasteiger partial charge in [0, 0.05) is 0 Å². The standard InChI is InChI=1S/C13H7Cl2F2NO/c14-11-4-8(5-12(15)18-11)13(6-19-13)7-1-2-9(16)10(17)3-7/h1-5H,6H2. The van der Waals surface area contributed by atoms with Crippen molar-refractivity contribution in [2.75, 3.05) is 6.61 Å². The van der Waals surface area contributed by atoms with Crippen molar-refractivity contribution in [1.29, 1.82) is 0 Å². The van der Waals surface area contributed by atoms with Crippen LogP contribution in [0.15, 0.2) is 30.3 Å². The van der Waals surface area contributed by atoms with Crippen LogP contribution in [-0.4, -0.2) is 11.6 Å². The van der Waals surface area contributed by atoms with Gasteiger partial charge in [0.05, 0.1) is 6.61 Å². The van der Waals surface area contributed by atoms with E-state index in [-0.39, 0.29) is 10.3 Å². The molecule has 1 atom stereocenters. The maximum Gasteiger partial charge on any atom is 0.159 e. The van der Waals surface area contributed by atoms with Gasteiger partial charge in [-0.3, -0.25) is 0 Å². The number of epoxide rings is 1. The lowest BCUT2D eigenvalue weighted by molar-refractivity contribution is 0.347. The van der Waals surface area contributed by atoms with Crippen LogP contribution in [0.4, 0.5) is 8.78 Å². The van der Waals surface area contributed by atoms with Crippen LogP contribution in [-0.2, 0) is 10.3 Å². The second-order valence-corrected chi connectivity index (χ2v) is 5.02. The Bertz CT molecular complexity index is 639. The largest absolute Gasteiger partial charge is 0.359 e. The average Bonchev–Trinajstić information content (AvgIpc) is 3.13. The Hall–Kier alpha value is -1.23. The Morgan fingerprint density at radius 3 is 2.16 bits per heavy atom. The molecule has 19 heavy (non-hydrogen) atoms. The smallest absolute Gasteiger partial charge is 0.159 e. The lowest BCUT2D eigenvalue weighted by atomic mass is 9.92. The van der Waals surface area contributed by atoms with Crippen LogP contribution in [0, 0.1) is 11.6 Å². The van der Waals surface area contributed by atoms with Crippen molar-refractivity contribution in [3.63, 3.8) is 0 Å². The van der Waals surface area contributed by atoms with Crippen molar-refractivity contribution in [3.05, 3.63) is 63.4 Å². The normalized spacial score (nSPS) is 21.5. The van der Waals surface area contributed by atoms with Crippen molar-refractivity contribution in [2.24, 2.45) is 0 Å². The van der Waals surface area contributed by atoms with Crippen molar-refractivity contribution in [3.8, 4) is 0 Å². The fourth-order valence-corrected chi connectivity index (χ4v) is 2.48. The number of benzene rings is 1. The Morgan fingerprint density at radius 2 is 1.63 bits per heavy atom. The van der Waals surface area contributed by atoms with E-state index in [0.29, 0.717) is 17.7 Å². The van der Waals surface area contributed by atoms with Crippen LogP contribution >= 0.6 is 23.2 Å². The molecule has 2 heterocycles. The second-order valence-electron chi connectivity index (χ2n) is 4.25. The van der Waals surface area contributed by atoms with E-state index in [2.05, 4.69) is 4.98 Å². The molecule has 1 aliphatic rings. The van der Waals surface area contributed by atoms with E-state index < -0.39 is 17.2 Å². The summed E-state index contributed by atoms with van der Waals surface area (Å²) in [6, 6.07) is 6.86. The van der Waals surface area contributed by atoms with E-state index in [1.54, 1.807) is 12.1 Å². The molecule has 1 aliphatic heterocycles. The van der Waals surface area contributed by atoms with Gasteiger partial charge >= 0.3 is 0 Å². The molecule has 0 aliphatic carbocycles. The zero-order valence-electron chi connectivity index (χ0n) is 9.46. The molecule has 0 N–H and O–H groups in total. The number of nitrogens with zero attached hydrogens (tertiary/aromatic N) is 1. The van der Waals surface area contributed by atoms with Gasteiger partial charge in [0.2, 0.25) is 0 Å². The van der Waals surface area contributed by atoms with Crippen molar-refractivity contribution in [2.45, 2.75) is 5.60 Å². The highest BCUT2D eigenvalue weighted by Crippen LogP contribution is 2.46. The Labute approximate surface area is 117 Å². The first kappa shape index (κ1) is 12.8. The molecule has 0 radical (unpaired) electrons. The monoisotopic (exact) mass is 301 g/mol. The summed E-state index contributed by atoms with van der Waals surface area (Å²) in [5.74, 6) is -1.82. The highest BCUT2D eigenvalue weighted by Gasteiger charge is 2.49. The molecule has 0 saturated carbocycles. The third-order valence-corrected chi connectivity index (χ3v) is 3.44. The minimum absolute atomic E-state index is 0.222. The molecule has 0 bridgehead atoms. The zero-order chi connectivity index (χ0) is 13.6. The topological polar surface area (TPSA) is 25.4 Å². The van der Waals surface area contributed by atoms with Crippen molar-refractivity contribution < 1.29 is 13.5 Å². The van der Waals surface area contributed by atoms with Gasteiger partial charge in [0.1, 0.15) is 15.9 Å². The van der Waals surface area contributed by atoms with Crippen molar-refractivity contribution >= 4 is 23.2 Å². The van der Waals surface area contributed by atoms with Gasteiger partial charge in [-0.15, -0.1) is 0 Å². The molecule has 98 valence electrons. The Balaban J connectivity index is 2.09. The fraction of sp³-hybridized carbons (Fsp3) is 0.154. The SMILES string of the molecule is Fc1ccc(C2(c3cc(Cl)nc(Cl)c3)CO2)cc1F. The Kier molecular flexibility index (Phi) is 2.96. The first-order valence-corrected chi connectivity index (χ1v) is 6.20. The van der Waals surface area contributed by atoms with Crippen molar-refractivity contribution in [1.82, 2.24) is 4.98 Å². The summed E-state index contributed by atoms with van der Waals surface area (Å²) in [4.78, 5) is 3.84. The van der Waals surface area contributed by atoms with Gasteiger partial charge in [-0.1, -0.05) is 29.3 Å². The van der Waals surface area contributed by atoms with E-state index in [9.17, 15) is 8.78 Å². The summed E-state index contributed by atoms with van der Waals surface area (Å²) in [7, 11) is 0. The number of rotatable bonds is 2. The van der Waals surface area contributed by atoms with Crippen LogP contribution in [0.2, 0.25) is 10.3 Å². The molecule has 3 rings (SSSR count). The molecule has 1 aromatic heterocycles. The second kappa shape index (κ2) is 4.40. The van der Waals surface area contributed by atoms with Gasteiger partial charge in [-0.25, -0.2) is 13.8 Å². The third kappa shape index (κ3) is 2.20. The van der Waals surface area contributed by atoms with E-state index in [0.717, 1.165) is 12.1 Å². The molecule has 1 saturated heterocycles. The minimum atomic E-state index is -0.918. The predicted molar refractivity (Wildman–Crippen MR) is 67.3 cm³/mol. The van der Waals surface area contributed by atoms with Gasteiger partial charge in [0.15, 0.2) is 11.6 Å². The lowest BCUT2D eigenvalue weighted by Crippen LogP contribution is -2.12. The van der Waals surface area contributed by atoms with Crippen LogP contribution in [0.1, 0.15) is 11.1 Å². The summed E-state index contributed by atoms with van der Waals surface area (Å²) < 4.78 is 31.7. The summed E-state index contributed by atoms with van der Waals surface area (Å²) >= 11 is 11.7. The van der Waals surface area contributed by atoms with Crippen LogP contribution in [0.3, 0.4) is 0 Å². The summed E-state index contributed by atoms with van der Waals surface area (Å²) in [5.41, 5.74) is 0.373. The third-order valence-electron chi connectivity index (χ3n) is 3.05. The Morgan fingerprint density at radius 1 is 1.00 bits per heavy atom. The van der Waals surface area contributed by atoms with Crippen LogP contribution < -0.4 is 0 Å². The summed E-state index contributed by atoms with van der Waals surface area (Å²) in [6.07, 6.45) is 0. The molecule has 1 aromatic carbocycles. The van der Waals surface area contributed by atoms with E-state index in [4.69, 9.17) is 27.9 Å². The maximum atomic E-state index is 13.3. The number of hydrogen-bond acceptors (Lipinski definition) is 2. The highest BCUT2D eigenvalue weighted by atomic mass is 35.5. The van der Waals surface area contributed by atoms with Gasteiger partial charge < -0.3 is 4.74 Å². The van der Waals surface area contributed by atoms with E-state index in [1.165, 1.54) is 6.07 Å². The van der Waals surface area contributed by atoms with Gasteiger partial charge in [-0.05, 0) is 35.4 Å². The zero-order valence-corrected chi connectivity index (χ0v) is 11.0. The molecule has 0 spiro atoms. The molecule has 1 unspecified atom stereocenters. The summed E-state index contributed by atoms with van der Waals surface area (Å²) in [6.45, 7) is 0.356. The lowest BCUT2D eigenvalue weighted by Gasteiger charge is -2.13. The first-order chi connectivity index (χ1) is 9.01. The van der Waals surface area contributed by atoms with Crippen LogP contribution in [0.25, 0.3) is 0 Å².